The van der Waals surface area contributed by atoms with Crippen molar-refractivity contribution in [3.8, 4) is 5.75 Å². The molecule has 0 aliphatic rings. The number of hydrogen-bond donors (Lipinski definition) is 3. The Kier molecular flexibility index (Phi) is 6.06. The maximum Gasteiger partial charge on any atom is 0.272 e. The van der Waals surface area contributed by atoms with Crippen LogP contribution in [0.1, 0.15) is 23.0 Å². The van der Waals surface area contributed by atoms with Crippen molar-refractivity contribution < 1.29 is 22.3 Å². The van der Waals surface area contributed by atoms with Crippen molar-refractivity contribution in [3.63, 3.8) is 0 Å². The van der Waals surface area contributed by atoms with Gasteiger partial charge in [-0.15, -0.1) is 0 Å². The van der Waals surface area contributed by atoms with Crippen molar-refractivity contribution >= 4 is 38.2 Å². The average Bonchev–Trinajstić information content (AvgIpc) is 3.20. The molecule has 33 heavy (non-hydrogen) atoms. The molecule has 0 saturated carbocycles. The molecule has 1 amide bonds. The van der Waals surface area contributed by atoms with E-state index in [9.17, 15) is 17.6 Å². The standard InChI is InChI=1S/C24H22FN3O4S/c1-3-32-18-11-9-16-12-22(27-21(16)14-18)24(29)26-17-10-8-15(2)23(13-17)33(30,31)28-20-7-5-4-6-19(20)25/h4-14,27-28H,3H2,1-2H3,(H,26,29). The van der Waals surface area contributed by atoms with Crippen LogP contribution < -0.4 is 14.8 Å². The maximum absolute atomic E-state index is 13.9. The molecular formula is C24H22FN3O4S. The Balaban J connectivity index is 1.58. The Bertz CT molecular complexity index is 1450. The van der Waals surface area contributed by atoms with Gasteiger partial charge in [-0.2, -0.15) is 0 Å². The third-order valence-electron chi connectivity index (χ3n) is 5.00. The highest BCUT2D eigenvalue weighted by molar-refractivity contribution is 7.92. The monoisotopic (exact) mass is 467 g/mol. The first-order valence-corrected chi connectivity index (χ1v) is 11.7. The largest absolute Gasteiger partial charge is 0.494 e. The van der Waals surface area contributed by atoms with Gasteiger partial charge in [0.2, 0.25) is 0 Å². The zero-order valence-corrected chi connectivity index (χ0v) is 18.8. The van der Waals surface area contributed by atoms with Gasteiger partial charge in [0.25, 0.3) is 15.9 Å². The number of amides is 1. The number of sulfonamides is 1. The lowest BCUT2D eigenvalue weighted by Crippen LogP contribution is -2.17. The predicted molar refractivity (Wildman–Crippen MR) is 126 cm³/mol. The van der Waals surface area contributed by atoms with E-state index in [1.165, 1.54) is 30.3 Å². The van der Waals surface area contributed by atoms with Gasteiger partial charge in [0.1, 0.15) is 17.3 Å². The van der Waals surface area contributed by atoms with Crippen molar-refractivity contribution in [1.29, 1.82) is 0 Å². The fourth-order valence-corrected chi connectivity index (χ4v) is 4.73. The molecule has 0 aliphatic carbocycles. The minimum Gasteiger partial charge on any atom is -0.494 e. The summed E-state index contributed by atoms with van der Waals surface area (Å²) in [5.74, 6) is -0.428. The van der Waals surface area contributed by atoms with Gasteiger partial charge >= 0.3 is 0 Å². The van der Waals surface area contributed by atoms with Crippen LogP contribution in [0.5, 0.6) is 5.75 Å². The van der Waals surface area contributed by atoms with Gasteiger partial charge in [-0.1, -0.05) is 18.2 Å². The number of nitrogens with one attached hydrogen (secondary N) is 3. The number of aromatic nitrogens is 1. The molecule has 0 atom stereocenters. The summed E-state index contributed by atoms with van der Waals surface area (Å²) in [5.41, 5.74) is 1.63. The van der Waals surface area contributed by atoms with Crippen LogP contribution in [0, 0.1) is 12.7 Å². The van der Waals surface area contributed by atoms with Crippen molar-refractivity contribution in [1.82, 2.24) is 4.98 Å². The summed E-state index contributed by atoms with van der Waals surface area (Å²) in [7, 11) is -4.08. The average molecular weight is 468 g/mol. The van der Waals surface area contributed by atoms with E-state index in [4.69, 9.17) is 4.74 Å². The Morgan fingerprint density at radius 2 is 1.85 bits per heavy atom. The third kappa shape index (κ3) is 4.83. The molecule has 170 valence electrons. The number of H-pyrrole nitrogens is 1. The van der Waals surface area contributed by atoms with Crippen molar-refractivity contribution in [2.45, 2.75) is 18.7 Å². The number of rotatable bonds is 7. The van der Waals surface area contributed by atoms with Crippen LogP contribution in [0.4, 0.5) is 15.8 Å². The molecule has 0 saturated heterocycles. The van der Waals surface area contributed by atoms with Crippen LogP contribution in [-0.4, -0.2) is 25.9 Å². The SMILES string of the molecule is CCOc1ccc2cc(C(=O)Nc3ccc(C)c(S(=O)(=O)Nc4ccccc4F)c3)[nH]c2c1. The molecule has 9 heteroatoms. The molecule has 0 bridgehead atoms. The normalized spacial score (nSPS) is 11.4. The van der Waals surface area contributed by atoms with Crippen molar-refractivity contribution in [2.75, 3.05) is 16.6 Å². The Labute approximate surface area is 190 Å². The van der Waals surface area contributed by atoms with E-state index in [1.807, 2.05) is 19.1 Å². The zero-order valence-electron chi connectivity index (χ0n) is 18.0. The number of carbonyl (C=O) groups excluding carboxylic acids is 1. The van der Waals surface area contributed by atoms with E-state index in [0.29, 0.717) is 23.6 Å². The fraction of sp³-hybridized carbons (Fsp3) is 0.125. The number of aromatic amines is 1. The zero-order chi connectivity index (χ0) is 23.6. The highest BCUT2D eigenvalue weighted by Gasteiger charge is 2.20. The molecule has 0 fully saturated rings. The van der Waals surface area contributed by atoms with E-state index < -0.39 is 21.7 Å². The van der Waals surface area contributed by atoms with E-state index in [-0.39, 0.29) is 16.3 Å². The number of benzene rings is 3. The number of para-hydroxylation sites is 1. The summed E-state index contributed by atoms with van der Waals surface area (Å²) in [6, 6.07) is 17.2. The Morgan fingerprint density at radius 3 is 2.61 bits per heavy atom. The minimum atomic E-state index is -4.08. The number of hydrogen-bond acceptors (Lipinski definition) is 4. The Hall–Kier alpha value is -3.85. The van der Waals surface area contributed by atoms with Crippen LogP contribution in [0.15, 0.2) is 71.6 Å². The second kappa shape index (κ2) is 8.95. The van der Waals surface area contributed by atoms with Crippen molar-refractivity contribution in [3.05, 3.63) is 83.8 Å². The second-order valence-corrected chi connectivity index (χ2v) is 9.04. The smallest absolute Gasteiger partial charge is 0.272 e. The summed E-state index contributed by atoms with van der Waals surface area (Å²) in [6.07, 6.45) is 0. The molecular weight excluding hydrogens is 445 g/mol. The van der Waals surface area contributed by atoms with Crippen LogP contribution in [0.3, 0.4) is 0 Å². The number of aryl methyl sites for hydroxylation is 1. The quantitative estimate of drug-likeness (QED) is 0.353. The summed E-state index contributed by atoms with van der Waals surface area (Å²) in [4.78, 5) is 15.8. The maximum atomic E-state index is 13.9. The van der Waals surface area contributed by atoms with Gasteiger partial charge in [-0.3, -0.25) is 9.52 Å². The second-order valence-electron chi connectivity index (χ2n) is 7.38. The molecule has 4 rings (SSSR count). The molecule has 7 nitrogen and oxygen atoms in total. The van der Waals surface area contributed by atoms with Gasteiger partial charge in [-0.25, -0.2) is 12.8 Å². The molecule has 3 aromatic carbocycles. The highest BCUT2D eigenvalue weighted by Crippen LogP contribution is 2.25. The first-order valence-electron chi connectivity index (χ1n) is 10.2. The molecule has 1 aromatic heterocycles. The Morgan fingerprint density at radius 1 is 1.06 bits per heavy atom. The van der Waals surface area contributed by atoms with Crippen LogP contribution in [0.25, 0.3) is 10.9 Å². The van der Waals surface area contributed by atoms with E-state index in [2.05, 4.69) is 15.0 Å². The summed E-state index contributed by atoms with van der Waals surface area (Å²) in [5, 5.41) is 3.54. The molecule has 0 radical (unpaired) electrons. The molecule has 0 aliphatic heterocycles. The van der Waals surface area contributed by atoms with Gasteiger partial charge in [-0.05, 0) is 61.9 Å². The highest BCUT2D eigenvalue weighted by atomic mass is 32.2. The van der Waals surface area contributed by atoms with E-state index in [0.717, 1.165) is 10.9 Å². The van der Waals surface area contributed by atoms with Gasteiger partial charge in [0, 0.05) is 22.7 Å². The number of halogens is 1. The number of ether oxygens (including phenoxy) is 1. The van der Waals surface area contributed by atoms with Gasteiger partial charge in [0.05, 0.1) is 17.2 Å². The third-order valence-corrected chi connectivity index (χ3v) is 6.51. The lowest BCUT2D eigenvalue weighted by molar-refractivity contribution is 0.102. The fourth-order valence-electron chi connectivity index (χ4n) is 3.39. The van der Waals surface area contributed by atoms with Gasteiger partial charge in [0.15, 0.2) is 0 Å². The number of anilines is 2. The molecule has 0 unspecified atom stereocenters. The van der Waals surface area contributed by atoms with Crippen LogP contribution in [0.2, 0.25) is 0 Å². The first-order chi connectivity index (χ1) is 15.8. The molecule has 1 heterocycles. The summed E-state index contributed by atoms with van der Waals surface area (Å²) in [6.45, 7) is 4.04. The lowest BCUT2D eigenvalue weighted by atomic mass is 10.2. The summed E-state index contributed by atoms with van der Waals surface area (Å²) < 4.78 is 47.4. The summed E-state index contributed by atoms with van der Waals surface area (Å²) >= 11 is 0. The first kappa shape index (κ1) is 22.3. The van der Waals surface area contributed by atoms with Crippen LogP contribution >= 0.6 is 0 Å². The van der Waals surface area contributed by atoms with Gasteiger partial charge < -0.3 is 15.0 Å². The number of fused-ring (bicyclic) bond motifs is 1. The molecule has 4 aromatic rings. The van der Waals surface area contributed by atoms with Crippen LogP contribution in [-0.2, 0) is 10.0 Å². The predicted octanol–water partition coefficient (Wildman–Crippen LogP) is 5.07. The van der Waals surface area contributed by atoms with E-state index >= 15 is 0 Å². The topological polar surface area (TPSA) is 100 Å². The van der Waals surface area contributed by atoms with E-state index in [1.54, 1.807) is 31.2 Å². The molecule has 0 spiro atoms. The van der Waals surface area contributed by atoms with Crippen molar-refractivity contribution in [2.24, 2.45) is 0 Å². The minimum absolute atomic E-state index is 0.0680. The molecule has 3 N–H and O–H groups in total. The lowest BCUT2D eigenvalue weighted by Gasteiger charge is -2.13. The number of carbonyl (C=O) groups is 1.